The van der Waals surface area contributed by atoms with Gasteiger partial charge >= 0.3 is 6.03 Å². The van der Waals surface area contributed by atoms with E-state index in [1.165, 1.54) is 25.9 Å². The maximum Gasteiger partial charge on any atom is 0.317 e. The largest absolute Gasteiger partial charge is 0.338 e. The number of hydrogen-bond acceptors (Lipinski definition) is 4. The fourth-order valence-corrected chi connectivity index (χ4v) is 3.94. The number of aryl methyl sites for hydroxylation is 1. The van der Waals surface area contributed by atoms with Gasteiger partial charge in [-0.2, -0.15) is 0 Å². The van der Waals surface area contributed by atoms with Crippen LogP contribution in [0.4, 0.5) is 4.79 Å². The highest BCUT2D eigenvalue weighted by Gasteiger charge is 2.25. The third-order valence-electron chi connectivity index (χ3n) is 5.60. The maximum absolute atomic E-state index is 12.4. The zero-order chi connectivity index (χ0) is 17.6. The number of hydrogen-bond donors (Lipinski definition) is 1. The van der Waals surface area contributed by atoms with Gasteiger partial charge < -0.3 is 15.1 Å². The van der Waals surface area contributed by atoms with Gasteiger partial charge in [-0.15, -0.1) is 0 Å². The van der Waals surface area contributed by atoms with Crippen LogP contribution in [0.3, 0.4) is 0 Å². The van der Waals surface area contributed by atoms with Crippen molar-refractivity contribution in [1.82, 2.24) is 25.1 Å². The van der Waals surface area contributed by atoms with Crippen molar-refractivity contribution in [3.05, 3.63) is 23.8 Å². The second-order valence-electron chi connectivity index (χ2n) is 7.40. The topological polar surface area (TPSA) is 61.4 Å². The molecule has 6 nitrogen and oxygen atoms in total. The van der Waals surface area contributed by atoms with Gasteiger partial charge in [0.1, 0.15) is 5.82 Å². The number of carbonyl (C=O) groups excluding carboxylic acids is 1. The standard InChI is InChI=1S/C19H31N5O/c1-15(23-11-3-4-12-23)5-9-21-19(25)24-13-7-17(8-14-24)18-6-10-20-16(2)22-18/h6,10,15,17H,3-5,7-9,11-14H2,1-2H3,(H,21,25). The Morgan fingerprint density at radius 2 is 2.00 bits per heavy atom. The van der Waals surface area contributed by atoms with Crippen LogP contribution in [0.2, 0.25) is 0 Å². The molecule has 3 heterocycles. The maximum atomic E-state index is 12.4. The van der Waals surface area contributed by atoms with E-state index < -0.39 is 0 Å². The molecule has 2 saturated heterocycles. The van der Waals surface area contributed by atoms with Gasteiger partial charge in [-0.1, -0.05) is 0 Å². The summed E-state index contributed by atoms with van der Waals surface area (Å²) in [6.07, 6.45) is 7.46. The van der Waals surface area contributed by atoms with Crippen LogP contribution >= 0.6 is 0 Å². The minimum absolute atomic E-state index is 0.0888. The lowest BCUT2D eigenvalue weighted by atomic mass is 9.93. The Labute approximate surface area is 151 Å². The summed E-state index contributed by atoms with van der Waals surface area (Å²) < 4.78 is 0. The number of carbonyl (C=O) groups is 1. The Hall–Kier alpha value is -1.69. The normalized spacial score (nSPS) is 20.6. The van der Waals surface area contributed by atoms with Gasteiger partial charge in [0.25, 0.3) is 0 Å². The van der Waals surface area contributed by atoms with Gasteiger partial charge in [0.05, 0.1) is 0 Å². The van der Waals surface area contributed by atoms with Gasteiger partial charge in [-0.25, -0.2) is 14.8 Å². The van der Waals surface area contributed by atoms with Crippen molar-refractivity contribution in [3.63, 3.8) is 0 Å². The Balaban J connectivity index is 1.38. The minimum atomic E-state index is 0.0888. The van der Waals surface area contributed by atoms with E-state index in [0.29, 0.717) is 12.0 Å². The zero-order valence-corrected chi connectivity index (χ0v) is 15.6. The molecule has 25 heavy (non-hydrogen) atoms. The van der Waals surface area contributed by atoms with Crippen molar-refractivity contribution in [2.45, 2.75) is 57.9 Å². The van der Waals surface area contributed by atoms with Crippen LogP contribution in [-0.4, -0.2) is 64.6 Å². The molecule has 0 aliphatic carbocycles. The molecular formula is C19H31N5O. The molecule has 0 bridgehead atoms. The molecule has 6 heteroatoms. The van der Waals surface area contributed by atoms with E-state index in [0.717, 1.165) is 50.4 Å². The molecule has 1 aromatic rings. The van der Waals surface area contributed by atoms with E-state index in [9.17, 15) is 4.79 Å². The van der Waals surface area contributed by atoms with Gasteiger partial charge in [0, 0.05) is 43.5 Å². The highest BCUT2D eigenvalue weighted by Crippen LogP contribution is 2.26. The molecule has 2 aliphatic rings. The Kier molecular flexibility index (Phi) is 6.24. The third kappa shape index (κ3) is 4.91. The molecule has 3 rings (SSSR count). The fourth-order valence-electron chi connectivity index (χ4n) is 3.94. The summed E-state index contributed by atoms with van der Waals surface area (Å²) >= 11 is 0. The molecule has 1 N–H and O–H groups in total. The number of amides is 2. The van der Waals surface area contributed by atoms with E-state index in [2.05, 4.69) is 27.1 Å². The van der Waals surface area contributed by atoms with Crippen molar-refractivity contribution in [2.24, 2.45) is 0 Å². The third-order valence-corrected chi connectivity index (χ3v) is 5.60. The van der Waals surface area contributed by atoms with E-state index >= 15 is 0 Å². The second-order valence-corrected chi connectivity index (χ2v) is 7.40. The molecular weight excluding hydrogens is 314 g/mol. The number of nitrogens with zero attached hydrogens (tertiary/aromatic N) is 4. The van der Waals surface area contributed by atoms with Crippen LogP contribution in [0, 0.1) is 6.92 Å². The van der Waals surface area contributed by atoms with Crippen LogP contribution in [-0.2, 0) is 0 Å². The first-order chi connectivity index (χ1) is 12.1. The number of aromatic nitrogens is 2. The van der Waals surface area contributed by atoms with Gasteiger partial charge in [-0.05, 0) is 65.1 Å². The summed E-state index contributed by atoms with van der Waals surface area (Å²) in [5.74, 6) is 1.27. The van der Waals surface area contributed by atoms with Crippen molar-refractivity contribution in [3.8, 4) is 0 Å². The minimum Gasteiger partial charge on any atom is -0.338 e. The molecule has 0 aromatic carbocycles. The molecule has 0 saturated carbocycles. The van der Waals surface area contributed by atoms with Crippen molar-refractivity contribution >= 4 is 6.03 Å². The fraction of sp³-hybridized carbons (Fsp3) is 0.737. The molecule has 1 aromatic heterocycles. The van der Waals surface area contributed by atoms with Crippen LogP contribution in [0.15, 0.2) is 12.3 Å². The molecule has 1 unspecified atom stereocenters. The smallest absolute Gasteiger partial charge is 0.317 e. The number of urea groups is 1. The summed E-state index contributed by atoms with van der Waals surface area (Å²) in [6.45, 7) is 9.00. The highest BCUT2D eigenvalue weighted by atomic mass is 16.2. The summed E-state index contributed by atoms with van der Waals surface area (Å²) in [5, 5.41) is 3.11. The number of piperidine rings is 1. The summed E-state index contributed by atoms with van der Waals surface area (Å²) in [5.41, 5.74) is 1.12. The molecule has 2 aliphatic heterocycles. The molecule has 0 radical (unpaired) electrons. The Morgan fingerprint density at radius 1 is 1.28 bits per heavy atom. The molecule has 1 atom stereocenters. The zero-order valence-electron chi connectivity index (χ0n) is 15.6. The van der Waals surface area contributed by atoms with Crippen molar-refractivity contribution < 1.29 is 4.79 Å². The summed E-state index contributed by atoms with van der Waals surface area (Å²) in [6, 6.07) is 2.66. The second kappa shape index (κ2) is 8.61. The van der Waals surface area contributed by atoms with E-state index in [1.54, 1.807) is 0 Å². The van der Waals surface area contributed by atoms with E-state index in [-0.39, 0.29) is 6.03 Å². The number of nitrogens with one attached hydrogen (secondary N) is 1. The average molecular weight is 345 g/mol. The van der Waals surface area contributed by atoms with E-state index in [4.69, 9.17) is 0 Å². The number of rotatable bonds is 5. The van der Waals surface area contributed by atoms with Gasteiger partial charge in [0.15, 0.2) is 0 Å². The van der Waals surface area contributed by atoms with Crippen LogP contribution < -0.4 is 5.32 Å². The molecule has 138 valence electrons. The lowest BCUT2D eigenvalue weighted by Gasteiger charge is -2.32. The van der Waals surface area contributed by atoms with Gasteiger partial charge in [0.2, 0.25) is 0 Å². The Bertz CT molecular complexity index is 565. The number of likely N-dealkylation sites (tertiary alicyclic amines) is 2. The first-order valence-electron chi connectivity index (χ1n) is 9.70. The SMILES string of the molecule is Cc1nccc(C2CCN(C(=O)NCCC(C)N3CCCC3)CC2)n1. The predicted molar refractivity (Wildman–Crippen MR) is 98.6 cm³/mol. The Morgan fingerprint density at radius 3 is 2.68 bits per heavy atom. The summed E-state index contributed by atoms with van der Waals surface area (Å²) in [7, 11) is 0. The van der Waals surface area contributed by atoms with Crippen LogP contribution in [0.1, 0.15) is 56.5 Å². The van der Waals surface area contributed by atoms with Crippen molar-refractivity contribution in [1.29, 1.82) is 0 Å². The van der Waals surface area contributed by atoms with Gasteiger partial charge in [-0.3, -0.25) is 0 Å². The first-order valence-corrected chi connectivity index (χ1v) is 9.70. The lowest BCUT2D eigenvalue weighted by Crippen LogP contribution is -2.45. The van der Waals surface area contributed by atoms with Crippen molar-refractivity contribution in [2.75, 3.05) is 32.7 Å². The van der Waals surface area contributed by atoms with E-state index in [1.807, 2.05) is 24.1 Å². The monoisotopic (exact) mass is 345 g/mol. The average Bonchev–Trinajstić information content (AvgIpc) is 3.16. The summed E-state index contributed by atoms with van der Waals surface area (Å²) in [4.78, 5) is 25.6. The molecule has 2 fully saturated rings. The highest BCUT2D eigenvalue weighted by molar-refractivity contribution is 5.74. The lowest BCUT2D eigenvalue weighted by molar-refractivity contribution is 0.178. The molecule has 0 spiro atoms. The van der Waals surface area contributed by atoms with Crippen LogP contribution in [0.25, 0.3) is 0 Å². The quantitative estimate of drug-likeness (QED) is 0.891. The molecule has 2 amide bonds. The first kappa shape index (κ1) is 18.1. The van der Waals surface area contributed by atoms with Crippen LogP contribution in [0.5, 0.6) is 0 Å². The predicted octanol–water partition coefficient (Wildman–Crippen LogP) is 2.55.